The van der Waals surface area contributed by atoms with Crippen LogP contribution in [0.1, 0.15) is 69.7 Å². The first-order valence-electron chi connectivity index (χ1n) is 13.0. The highest BCUT2D eigenvalue weighted by Crippen LogP contribution is 2.43. The van der Waals surface area contributed by atoms with Gasteiger partial charge in [-0.2, -0.15) is 0 Å². The first kappa shape index (κ1) is 25.0. The number of aliphatic hydroxyl groups excluding tert-OH is 1. The van der Waals surface area contributed by atoms with E-state index in [0.717, 1.165) is 52.0 Å². The molecule has 0 bridgehead atoms. The Labute approximate surface area is 218 Å². The number of rotatable bonds is 9. The van der Waals surface area contributed by atoms with E-state index in [4.69, 9.17) is 9.72 Å². The van der Waals surface area contributed by atoms with E-state index in [1.54, 1.807) is 19.0 Å². The summed E-state index contributed by atoms with van der Waals surface area (Å²) in [4.78, 5) is 20.1. The van der Waals surface area contributed by atoms with E-state index in [9.17, 15) is 9.90 Å². The summed E-state index contributed by atoms with van der Waals surface area (Å²) >= 11 is 0. The molecule has 0 spiro atoms. The van der Waals surface area contributed by atoms with Crippen molar-refractivity contribution in [1.29, 1.82) is 0 Å². The van der Waals surface area contributed by atoms with Crippen molar-refractivity contribution in [1.82, 2.24) is 14.5 Å². The number of hydrogen-bond donors (Lipinski definition) is 1. The molecule has 0 unspecified atom stereocenters. The molecule has 3 aromatic carbocycles. The maximum absolute atomic E-state index is 13.4. The lowest BCUT2D eigenvalue weighted by molar-refractivity contribution is 0.0825. The van der Waals surface area contributed by atoms with Crippen LogP contribution in [0.4, 0.5) is 0 Å². The van der Waals surface area contributed by atoms with E-state index in [1.807, 2.05) is 74.6 Å². The molecule has 0 radical (unpaired) electrons. The lowest BCUT2D eigenvalue weighted by atomic mass is 9.94. The van der Waals surface area contributed by atoms with Gasteiger partial charge in [0.05, 0.1) is 11.6 Å². The summed E-state index contributed by atoms with van der Waals surface area (Å²) in [5.74, 6) is 2.06. The zero-order valence-electron chi connectivity index (χ0n) is 22.1. The molecule has 6 heteroatoms. The number of aliphatic hydroxyl groups is 1. The number of fused-ring (bicyclic) bond motifs is 1. The Kier molecular flexibility index (Phi) is 7.02. The van der Waals surface area contributed by atoms with Crippen LogP contribution >= 0.6 is 0 Å². The lowest BCUT2D eigenvalue weighted by Crippen LogP contribution is -2.23. The van der Waals surface area contributed by atoms with Crippen LogP contribution in [-0.2, 0) is 20.1 Å². The Morgan fingerprint density at radius 3 is 2.51 bits per heavy atom. The zero-order chi connectivity index (χ0) is 26.1. The third kappa shape index (κ3) is 5.12. The van der Waals surface area contributed by atoms with Crippen molar-refractivity contribution in [2.75, 3.05) is 14.1 Å². The SMILES string of the molecule is Cc1ccccc1[C@H](O)CCc1c(C(=O)N(C)C)cc2c(nc(C3CC3)n2C)c1OCc1ccccc1. The summed E-state index contributed by atoms with van der Waals surface area (Å²) < 4.78 is 8.62. The van der Waals surface area contributed by atoms with Gasteiger partial charge in [-0.1, -0.05) is 54.6 Å². The second-order valence-corrected chi connectivity index (χ2v) is 10.3. The molecule has 192 valence electrons. The third-order valence-corrected chi connectivity index (χ3v) is 7.29. The quantitative estimate of drug-likeness (QED) is 0.322. The van der Waals surface area contributed by atoms with Crippen LogP contribution in [0, 0.1) is 6.92 Å². The standard InChI is InChI=1S/C31H35N3O3/c1-20-10-8-9-13-23(20)27(35)17-16-24-25(31(36)33(2)3)18-26-28(32-30(34(26)4)22-14-15-22)29(24)37-19-21-11-6-5-7-12-21/h5-13,18,22,27,35H,14-17,19H2,1-4H3/t27-/m1/s1. The molecule has 1 aliphatic rings. The summed E-state index contributed by atoms with van der Waals surface area (Å²) in [6.07, 6.45) is 2.58. The van der Waals surface area contributed by atoms with Gasteiger partial charge in [0, 0.05) is 38.2 Å². The molecule has 6 nitrogen and oxygen atoms in total. The summed E-state index contributed by atoms with van der Waals surface area (Å²) in [5.41, 5.74) is 6.09. The largest absolute Gasteiger partial charge is 0.486 e. The minimum absolute atomic E-state index is 0.0824. The number of aryl methyl sites for hydroxylation is 2. The highest BCUT2D eigenvalue weighted by atomic mass is 16.5. The molecule has 1 atom stereocenters. The summed E-state index contributed by atoms with van der Waals surface area (Å²) in [6.45, 7) is 2.38. The first-order chi connectivity index (χ1) is 17.8. The third-order valence-electron chi connectivity index (χ3n) is 7.29. The van der Waals surface area contributed by atoms with Crippen molar-refractivity contribution in [3.05, 3.63) is 94.3 Å². The van der Waals surface area contributed by atoms with Gasteiger partial charge in [0.25, 0.3) is 5.91 Å². The number of aromatic nitrogens is 2. The topological polar surface area (TPSA) is 67.6 Å². The maximum Gasteiger partial charge on any atom is 0.253 e. The average Bonchev–Trinajstić information content (AvgIpc) is 3.69. The van der Waals surface area contributed by atoms with Gasteiger partial charge >= 0.3 is 0 Å². The molecular weight excluding hydrogens is 462 g/mol. The average molecular weight is 498 g/mol. The van der Waals surface area contributed by atoms with Gasteiger partial charge < -0.3 is 19.3 Å². The Hall–Kier alpha value is -3.64. The molecule has 4 aromatic rings. The molecule has 1 N–H and O–H groups in total. The van der Waals surface area contributed by atoms with Gasteiger partial charge in [-0.05, 0) is 55.4 Å². The van der Waals surface area contributed by atoms with E-state index in [2.05, 4.69) is 4.57 Å². The normalized spacial score (nSPS) is 14.1. The number of carbonyl (C=O) groups excluding carboxylic acids is 1. The van der Waals surface area contributed by atoms with Crippen LogP contribution in [0.3, 0.4) is 0 Å². The Balaban J connectivity index is 1.61. The molecule has 1 heterocycles. The second-order valence-electron chi connectivity index (χ2n) is 10.3. The first-order valence-corrected chi connectivity index (χ1v) is 13.0. The van der Waals surface area contributed by atoms with E-state index >= 15 is 0 Å². The van der Waals surface area contributed by atoms with Crippen LogP contribution in [0.2, 0.25) is 0 Å². The molecule has 0 aliphatic heterocycles. The van der Waals surface area contributed by atoms with Crippen molar-refractivity contribution < 1.29 is 14.6 Å². The number of ether oxygens (including phenoxy) is 1. The molecule has 1 fully saturated rings. The van der Waals surface area contributed by atoms with Crippen LogP contribution in [0.25, 0.3) is 11.0 Å². The fraction of sp³-hybridized carbons (Fsp3) is 0.355. The van der Waals surface area contributed by atoms with E-state index in [0.29, 0.717) is 36.7 Å². The lowest BCUT2D eigenvalue weighted by Gasteiger charge is -2.20. The van der Waals surface area contributed by atoms with Crippen molar-refractivity contribution in [3.8, 4) is 5.75 Å². The Morgan fingerprint density at radius 1 is 1.14 bits per heavy atom. The van der Waals surface area contributed by atoms with Crippen LogP contribution in [0.5, 0.6) is 5.75 Å². The monoisotopic (exact) mass is 497 g/mol. The van der Waals surface area contributed by atoms with Gasteiger partial charge in [0.15, 0.2) is 5.75 Å². The summed E-state index contributed by atoms with van der Waals surface area (Å²) in [7, 11) is 5.55. The second kappa shape index (κ2) is 10.4. The van der Waals surface area contributed by atoms with Gasteiger partial charge in [0.2, 0.25) is 0 Å². The highest BCUT2D eigenvalue weighted by molar-refractivity contribution is 6.01. The van der Waals surface area contributed by atoms with Crippen molar-refractivity contribution >= 4 is 16.9 Å². The molecule has 1 aromatic heterocycles. The van der Waals surface area contributed by atoms with Crippen molar-refractivity contribution in [2.24, 2.45) is 7.05 Å². The van der Waals surface area contributed by atoms with Crippen molar-refractivity contribution in [2.45, 2.75) is 51.2 Å². The zero-order valence-corrected chi connectivity index (χ0v) is 22.1. The van der Waals surface area contributed by atoms with Crippen molar-refractivity contribution in [3.63, 3.8) is 0 Å². The molecule has 1 saturated carbocycles. The van der Waals surface area contributed by atoms with Gasteiger partial charge in [-0.15, -0.1) is 0 Å². The molecule has 0 saturated heterocycles. The molecule has 5 rings (SSSR count). The minimum Gasteiger partial charge on any atom is -0.486 e. The molecule has 1 amide bonds. The highest BCUT2D eigenvalue weighted by Gasteiger charge is 2.31. The number of carbonyl (C=O) groups is 1. The smallest absolute Gasteiger partial charge is 0.253 e. The van der Waals surface area contributed by atoms with E-state index in [-0.39, 0.29) is 5.91 Å². The Bertz CT molecular complexity index is 1420. The summed E-state index contributed by atoms with van der Waals surface area (Å²) in [6, 6.07) is 19.9. The predicted molar refractivity (Wildman–Crippen MR) is 146 cm³/mol. The number of hydrogen-bond acceptors (Lipinski definition) is 4. The Morgan fingerprint density at radius 2 is 1.84 bits per heavy atom. The maximum atomic E-state index is 13.4. The predicted octanol–water partition coefficient (Wildman–Crippen LogP) is 5.71. The van der Waals surface area contributed by atoms with Crippen LogP contribution in [-0.4, -0.2) is 39.6 Å². The fourth-order valence-electron chi connectivity index (χ4n) is 5.02. The van der Waals surface area contributed by atoms with Gasteiger partial charge in [-0.25, -0.2) is 4.98 Å². The minimum atomic E-state index is -0.646. The molecule has 1 aliphatic carbocycles. The summed E-state index contributed by atoms with van der Waals surface area (Å²) in [5, 5.41) is 11.1. The van der Waals surface area contributed by atoms with Gasteiger partial charge in [-0.3, -0.25) is 4.79 Å². The fourth-order valence-corrected chi connectivity index (χ4v) is 5.02. The van der Waals surface area contributed by atoms with E-state index < -0.39 is 6.10 Å². The van der Waals surface area contributed by atoms with E-state index in [1.165, 1.54) is 0 Å². The number of benzene rings is 3. The molecular formula is C31H35N3O3. The number of amides is 1. The number of nitrogens with zero attached hydrogens (tertiary/aromatic N) is 3. The van der Waals surface area contributed by atoms with Crippen LogP contribution in [0.15, 0.2) is 60.7 Å². The van der Waals surface area contributed by atoms with Gasteiger partial charge in [0.1, 0.15) is 17.9 Å². The van der Waals surface area contributed by atoms with Crippen LogP contribution < -0.4 is 4.74 Å². The molecule has 37 heavy (non-hydrogen) atoms. The number of imidazole rings is 1.